The highest BCUT2D eigenvalue weighted by Gasteiger charge is 2.38. The normalized spacial score (nSPS) is 11.2. The fourth-order valence-corrected chi connectivity index (χ4v) is 4.72. The van der Waals surface area contributed by atoms with Crippen molar-refractivity contribution < 1.29 is 23.1 Å². The number of alkyl halides is 3. The van der Waals surface area contributed by atoms with Crippen molar-refractivity contribution in [2.75, 3.05) is 11.4 Å². The van der Waals surface area contributed by atoms with E-state index < -0.39 is 12.1 Å². The summed E-state index contributed by atoms with van der Waals surface area (Å²) in [4.78, 5) is 11.4. The van der Waals surface area contributed by atoms with E-state index in [9.17, 15) is 13.2 Å². The molecule has 0 amide bonds. The molecule has 0 saturated heterocycles. The Balaban J connectivity index is 0.000000479. The number of carboxylic acid groups (broad SMARTS) is 1. The first kappa shape index (κ1) is 27.8. The molecule has 8 heteroatoms. The Kier molecular flexibility index (Phi) is 8.63. The van der Waals surface area contributed by atoms with E-state index in [0.29, 0.717) is 0 Å². The second kappa shape index (κ2) is 11.5. The molecule has 0 bridgehead atoms. The maximum atomic E-state index is 10.6. The van der Waals surface area contributed by atoms with Crippen LogP contribution in [0.4, 0.5) is 19.0 Å². The summed E-state index contributed by atoms with van der Waals surface area (Å²) < 4.78 is 33.8. The van der Waals surface area contributed by atoms with Crippen molar-refractivity contribution in [1.82, 2.24) is 9.78 Å². The smallest absolute Gasteiger partial charge is 0.475 e. The van der Waals surface area contributed by atoms with E-state index in [2.05, 4.69) is 105 Å². The van der Waals surface area contributed by atoms with Gasteiger partial charge in [-0.05, 0) is 55.5 Å². The summed E-state index contributed by atoms with van der Waals surface area (Å²) in [6.45, 7) is 10.7. The molecule has 0 spiro atoms. The third-order valence-corrected chi connectivity index (χ3v) is 6.03. The predicted molar refractivity (Wildman–Crippen MR) is 142 cm³/mol. The van der Waals surface area contributed by atoms with Gasteiger partial charge >= 0.3 is 12.1 Å². The Labute approximate surface area is 215 Å². The fraction of sp³-hybridized carbons (Fsp3) is 0.310. The quantitative estimate of drug-likeness (QED) is 0.297. The Hall–Kier alpha value is -3.81. The number of hydrogen-bond acceptors (Lipinski definition) is 3. The Morgan fingerprint density at radius 2 is 1.59 bits per heavy atom. The zero-order valence-corrected chi connectivity index (χ0v) is 21.7. The minimum Gasteiger partial charge on any atom is -0.475 e. The summed E-state index contributed by atoms with van der Waals surface area (Å²) in [5, 5.41) is 13.4. The Morgan fingerprint density at radius 1 is 1.00 bits per heavy atom. The molecular weight excluding hydrogens is 479 g/mol. The zero-order valence-electron chi connectivity index (χ0n) is 21.7. The van der Waals surface area contributed by atoms with Crippen LogP contribution in [0.2, 0.25) is 0 Å². The third kappa shape index (κ3) is 6.50. The van der Waals surface area contributed by atoms with E-state index in [0.717, 1.165) is 25.0 Å². The maximum absolute atomic E-state index is 10.6. The molecule has 1 heterocycles. The molecule has 0 atom stereocenters. The van der Waals surface area contributed by atoms with Crippen molar-refractivity contribution in [2.45, 2.75) is 46.8 Å². The molecular formula is C29H32F3N3O2. The van der Waals surface area contributed by atoms with E-state index in [1.807, 2.05) is 0 Å². The zero-order chi connectivity index (χ0) is 27.3. The summed E-state index contributed by atoms with van der Waals surface area (Å²) in [7, 11) is 2.07. The molecule has 0 unspecified atom stereocenters. The second-order valence-corrected chi connectivity index (χ2v) is 9.13. The van der Waals surface area contributed by atoms with E-state index in [-0.39, 0.29) is 0 Å². The van der Waals surface area contributed by atoms with Crippen LogP contribution in [0.3, 0.4) is 0 Å². The molecule has 196 valence electrons. The largest absolute Gasteiger partial charge is 0.490 e. The Morgan fingerprint density at radius 3 is 2.14 bits per heavy atom. The first-order chi connectivity index (χ1) is 17.4. The number of carboxylic acids is 1. The highest BCUT2D eigenvalue weighted by Crippen LogP contribution is 2.37. The minimum atomic E-state index is -5.08. The average Bonchev–Trinajstić information content (AvgIpc) is 3.15. The molecule has 4 rings (SSSR count). The van der Waals surface area contributed by atoms with Crippen molar-refractivity contribution in [3.8, 4) is 11.1 Å². The van der Waals surface area contributed by atoms with Gasteiger partial charge in [-0.3, -0.25) is 4.68 Å². The molecule has 1 aromatic heterocycles. The first-order valence-corrected chi connectivity index (χ1v) is 12.1. The van der Waals surface area contributed by atoms with Crippen molar-refractivity contribution in [3.63, 3.8) is 0 Å². The van der Waals surface area contributed by atoms with Crippen LogP contribution < -0.4 is 4.90 Å². The van der Waals surface area contributed by atoms with Crippen LogP contribution in [0.5, 0.6) is 0 Å². The van der Waals surface area contributed by atoms with E-state index >= 15 is 0 Å². The molecule has 0 aliphatic rings. The van der Waals surface area contributed by atoms with Gasteiger partial charge in [0.15, 0.2) is 0 Å². The number of carbonyl (C=O) groups is 1. The van der Waals surface area contributed by atoms with Gasteiger partial charge in [0.1, 0.15) is 11.3 Å². The number of halogens is 3. The number of fused-ring (bicyclic) bond motifs is 1. The lowest BCUT2D eigenvalue weighted by atomic mass is 9.92. The number of aryl methyl sites for hydroxylation is 4. The number of hydrogen-bond donors (Lipinski definition) is 1. The summed E-state index contributed by atoms with van der Waals surface area (Å²) >= 11 is 0. The fourth-order valence-electron chi connectivity index (χ4n) is 4.72. The molecule has 1 N–H and O–H groups in total. The molecule has 37 heavy (non-hydrogen) atoms. The lowest BCUT2D eigenvalue weighted by molar-refractivity contribution is -0.192. The van der Waals surface area contributed by atoms with Gasteiger partial charge in [0, 0.05) is 31.1 Å². The van der Waals surface area contributed by atoms with Gasteiger partial charge < -0.3 is 10.0 Å². The first-order valence-electron chi connectivity index (χ1n) is 12.1. The standard InChI is InChI=1S/C27H31N3.C2HF3O2/c1-6-15-30(18-22-11-8-7-9-12-22)27-24-14-10-13-23(26(24)28-29(27)5)25-20(3)16-19(2)17-21(25)4;3-2(4,5)1(6)7/h7-14,16-17H,6,15,18H2,1-5H3;(H,6,7). The molecule has 0 aliphatic carbocycles. The third-order valence-electron chi connectivity index (χ3n) is 6.03. The summed E-state index contributed by atoms with van der Waals surface area (Å²) in [5.74, 6) is -1.56. The van der Waals surface area contributed by atoms with Crippen LogP contribution in [0.15, 0.2) is 60.7 Å². The number of aliphatic carboxylic acids is 1. The highest BCUT2D eigenvalue weighted by molar-refractivity contribution is 6.01. The number of nitrogens with zero attached hydrogens (tertiary/aromatic N) is 3. The predicted octanol–water partition coefficient (Wildman–Crippen LogP) is 7.22. The van der Waals surface area contributed by atoms with Crippen LogP contribution >= 0.6 is 0 Å². The maximum Gasteiger partial charge on any atom is 0.490 e. The van der Waals surface area contributed by atoms with Crippen LogP contribution in [-0.2, 0) is 18.4 Å². The van der Waals surface area contributed by atoms with Crippen LogP contribution in [0.25, 0.3) is 22.0 Å². The van der Waals surface area contributed by atoms with Gasteiger partial charge in [-0.25, -0.2) is 4.79 Å². The molecule has 0 aliphatic heterocycles. The van der Waals surface area contributed by atoms with E-state index in [1.54, 1.807) is 0 Å². The number of benzene rings is 3. The van der Waals surface area contributed by atoms with Gasteiger partial charge in [0.05, 0.1) is 0 Å². The Bertz CT molecular complexity index is 1360. The summed E-state index contributed by atoms with van der Waals surface area (Å²) in [6, 6.07) is 21.8. The van der Waals surface area contributed by atoms with Crippen molar-refractivity contribution in [3.05, 3.63) is 82.9 Å². The molecule has 4 aromatic rings. The summed E-state index contributed by atoms with van der Waals surface area (Å²) in [5.41, 5.74) is 8.85. The summed E-state index contributed by atoms with van der Waals surface area (Å²) in [6.07, 6.45) is -3.99. The monoisotopic (exact) mass is 511 g/mol. The van der Waals surface area contributed by atoms with Gasteiger partial charge in [-0.2, -0.15) is 18.3 Å². The highest BCUT2D eigenvalue weighted by atomic mass is 19.4. The number of aromatic nitrogens is 2. The molecule has 0 saturated carbocycles. The van der Waals surface area contributed by atoms with Crippen LogP contribution in [0.1, 0.15) is 35.6 Å². The number of rotatable bonds is 6. The lowest BCUT2D eigenvalue weighted by Gasteiger charge is -2.24. The second-order valence-electron chi connectivity index (χ2n) is 9.13. The van der Waals surface area contributed by atoms with Gasteiger partial charge in [0.2, 0.25) is 0 Å². The van der Waals surface area contributed by atoms with Crippen molar-refractivity contribution in [1.29, 1.82) is 0 Å². The van der Waals surface area contributed by atoms with Crippen molar-refractivity contribution >= 4 is 22.7 Å². The van der Waals surface area contributed by atoms with Gasteiger partial charge in [-0.15, -0.1) is 0 Å². The molecule has 5 nitrogen and oxygen atoms in total. The molecule has 3 aromatic carbocycles. The van der Waals surface area contributed by atoms with Crippen molar-refractivity contribution in [2.24, 2.45) is 7.05 Å². The lowest BCUT2D eigenvalue weighted by Crippen LogP contribution is -2.25. The van der Waals surface area contributed by atoms with Gasteiger partial charge in [-0.1, -0.05) is 67.1 Å². The average molecular weight is 512 g/mol. The molecule has 0 radical (unpaired) electrons. The van der Waals surface area contributed by atoms with E-state index in [1.165, 1.54) is 44.6 Å². The van der Waals surface area contributed by atoms with E-state index in [4.69, 9.17) is 15.0 Å². The SMILES string of the molecule is CCCN(Cc1ccccc1)c1c2cccc(-c3c(C)cc(C)cc3C)c2nn1C.O=C(O)C(F)(F)F. The van der Waals surface area contributed by atoms with Crippen LogP contribution in [-0.4, -0.2) is 33.6 Å². The van der Waals surface area contributed by atoms with Crippen LogP contribution in [0, 0.1) is 20.8 Å². The van der Waals surface area contributed by atoms with Gasteiger partial charge in [0.25, 0.3) is 0 Å². The minimum absolute atomic E-state index is 0.885. The molecule has 0 fully saturated rings. The number of anilines is 1. The topological polar surface area (TPSA) is 58.4 Å².